The van der Waals surface area contributed by atoms with Crippen LogP contribution < -0.4 is 10.9 Å². The summed E-state index contributed by atoms with van der Waals surface area (Å²) in [5.74, 6) is -0.0161. The van der Waals surface area contributed by atoms with Gasteiger partial charge in [0.15, 0.2) is 4.77 Å². The summed E-state index contributed by atoms with van der Waals surface area (Å²) >= 11 is 5.15. The van der Waals surface area contributed by atoms with E-state index < -0.39 is 0 Å². The Hall–Kier alpha value is -2.52. The predicted molar refractivity (Wildman–Crippen MR) is 108 cm³/mol. The first kappa shape index (κ1) is 18.8. The van der Waals surface area contributed by atoms with Gasteiger partial charge < -0.3 is 15.2 Å². The van der Waals surface area contributed by atoms with Gasteiger partial charge in [-0.1, -0.05) is 0 Å². The minimum Gasteiger partial charge on any atom is -0.352 e. The summed E-state index contributed by atoms with van der Waals surface area (Å²) in [5.41, 5.74) is 0.900. The number of amides is 2. The number of nitrogens with zero attached hydrogens (tertiary/aromatic N) is 3. The van der Waals surface area contributed by atoms with Gasteiger partial charge in [-0.2, -0.15) is 0 Å². The molecule has 1 aliphatic heterocycles. The Morgan fingerprint density at radius 3 is 2.61 bits per heavy atom. The number of hydrogen-bond acceptors (Lipinski definition) is 5. The second-order valence-corrected chi connectivity index (χ2v) is 7.85. The van der Waals surface area contributed by atoms with Gasteiger partial charge in [0, 0.05) is 44.8 Å². The molecular formula is C19H23N5O3S. The second-order valence-electron chi connectivity index (χ2n) is 7.46. The topological polar surface area (TPSA) is 90.4 Å². The number of H-pyrrole nitrogens is 1. The van der Waals surface area contributed by atoms with Crippen molar-refractivity contribution >= 4 is 34.9 Å². The van der Waals surface area contributed by atoms with Gasteiger partial charge in [0.2, 0.25) is 5.91 Å². The van der Waals surface area contributed by atoms with Crippen LogP contribution in [0.25, 0.3) is 10.9 Å². The third-order valence-corrected chi connectivity index (χ3v) is 5.69. The van der Waals surface area contributed by atoms with Gasteiger partial charge in [-0.15, -0.1) is 0 Å². The molecule has 2 aromatic rings. The molecule has 0 radical (unpaired) electrons. The Kier molecular flexibility index (Phi) is 5.03. The number of hydrogen-bond donors (Lipinski definition) is 2. The van der Waals surface area contributed by atoms with Crippen molar-refractivity contribution in [2.24, 2.45) is 7.05 Å². The minimum atomic E-state index is -0.184. The van der Waals surface area contributed by atoms with Crippen LogP contribution in [0.5, 0.6) is 0 Å². The van der Waals surface area contributed by atoms with Crippen LogP contribution in [0.3, 0.4) is 0 Å². The minimum absolute atomic E-state index is 0.0636. The molecule has 1 aliphatic carbocycles. The molecule has 0 bridgehead atoms. The van der Waals surface area contributed by atoms with Gasteiger partial charge in [0.05, 0.1) is 17.4 Å². The van der Waals surface area contributed by atoms with Crippen LogP contribution in [0.4, 0.5) is 0 Å². The lowest BCUT2D eigenvalue weighted by Gasteiger charge is -2.34. The van der Waals surface area contributed by atoms with E-state index in [4.69, 9.17) is 12.2 Å². The number of fused-ring (bicyclic) bond motifs is 1. The molecule has 0 spiro atoms. The molecule has 1 aromatic carbocycles. The quantitative estimate of drug-likeness (QED) is 0.734. The molecule has 2 aliphatic rings. The van der Waals surface area contributed by atoms with E-state index in [0.717, 1.165) is 12.8 Å². The lowest BCUT2D eigenvalue weighted by Crippen LogP contribution is -2.51. The zero-order valence-electron chi connectivity index (χ0n) is 15.7. The van der Waals surface area contributed by atoms with Crippen molar-refractivity contribution in [3.63, 3.8) is 0 Å². The van der Waals surface area contributed by atoms with Crippen molar-refractivity contribution in [2.75, 3.05) is 32.7 Å². The molecule has 2 fully saturated rings. The van der Waals surface area contributed by atoms with Gasteiger partial charge in [-0.3, -0.25) is 23.9 Å². The van der Waals surface area contributed by atoms with Gasteiger partial charge in [0.25, 0.3) is 11.5 Å². The standard InChI is InChI=1S/C19H23N5O3S/c1-22-18(27)14-5-2-12(10-15(14)21-19(22)28)17(26)24-8-6-23(7-9-24)11-16(25)20-13-3-4-13/h2,5,10,13H,3-4,6-9,11H2,1H3,(H,20,25)(H,21,28). The molecular weight excluding hydrogens is 378 g/mol. The molecule has 2 N–H and O–H groups in total. The summed E-state index contributed by atoms with van der Waals surface area (Å²) < 4.78 is 1.69. The van der Waals surface area contributed by atoms with Crippen LogP contribution in [0.1, 0.15) is 23.2 Å². The van der Waals surface area contributed by atoms with Gasteiger partial charge in [0.1, 0.15) is 0 Å². The van der Waals surface area contributed by atoms with E-state index in [1.807, 2.05) is 0 Å². The normalized spacial score (nSPS) is 17.7. The molecule has 0 unspecified atom stereocenters. The van der Waals surface area contributed by atoms with Crippen molar-refractivity contribution in [2.45, 2.75) is 18.9 Å². The van der Waals surface area contributed by atoms with E-state index in [1.54, 1.807) is 30.1 Å². The van der Waals surface area contributed by atoms with Crippen molar-refractivity contribution in [3.8, 4) is 0 Å². The number of carbonyl (C=O) groups is 2. The zero-order valence-corrected chi connectivity index (χ0v) is 16.6. The fourth-order valence-corrected chi connectivity index (χ4v) is 3.63. The number of aromatic amines is 1. The van der Waals surface area contributed by atoms with Crippen LogP contribution in [0.15, 0.2) is 23.0 Å². The first-order valence-electron chi connectivity index (χ1n) is 9.46. The fraction of sp³-hybridized carbons (Fsp3) is 0.474. The number of piperazine rings is 1. The molecule has 28 heavy (non-hydrogen) atoms. The van der Waals surface area contributed by atoms with Crippen LogP contribution in [-0.2, 0) is 11.8 Å². The van der Waals surface area contributed by atoms with Crippen molar-refractivity contribution in [3.05, 3.63) is 38.9 Å². The van der Waals surface area contributed by atoms with Crippen LogP contribution in [0.2, 0.25) is 0 Å². The highest BCUT2D eigenvalue weighted by Crippen LogP contribution is 2.18. The van der Waals surface area contributed by atoms with E-state index in [2.05, 4.69) is 15.2 Å². The largest absolute Gasteiger partial charge is 0.352 e. The van der Waals surface area contributed by atoms with E-state index in [1.165, 1.54) is 4.57 Å². The van der Waals surface area contributed by atoms with Crippen molar-refractivity contribution in [1.29, 1.82) is 0 Å². The van der Waals surface area contributed by atoms with E-state index in [0.29, 0.717) is 60.0 Å². The highest BCUT2D eigenvalue weighted by atomic mass is 32.1. The molecule has 8 nitrogen and oxygen atoms in total. The molecule has 0 atom stereocenters. The third-order valence-electron chi connectivity index (χ3n) is 5.32. The average Bonchev–Trinajstić information content (AvgIpc) is 3.49. The number of rotatable bonds is 4. The lowest BCUT2D eigenvalue weighted by molar-refractivity contribution is -0.122. The summed E-state index contributed by atoms with van der Waals surface area (Å²) in [7, 11) is 1.62. The second kappa shape index (κ2) is 7.48. The summed E-state index contributed by atoms with van der Waals surface area (Å²) in [5, 5.41) is 3.49. The van der Waals surface area contributed by atoms with E-state index in [-0.39, 0.29) is 17.4 Å². The Morgan fingerprint density at radius 2 is 1.93 bits per heavy atom. The predicted octanol–water partition coefficient (Wildman–Crippen LogP) is 0.632. The molecule has 9 heteroatoms. The molecule has 1 saturated carbocycles. The van der Waals surface area contributed by atoms with E-state index in [9.17, 15) is 14.4 Å². The molecule has 1 saturated heterocycles. The Bertz CT molecular complexity index is 1050. The SMILES string of the molecule is Cn1c(=S)[nH]c2cc(C(=O)N3CCN(CC(=O)NC4CC4)CC3)ccc2c1=O. The van der Waals surface area contributed by atoms with Crippen LogP contribution in [-0.4, -0.2) is 69.9 Å². The number of benzene rings is 1. The van der Waals surface area contributed by atoms with Crippen molar-refractivity contribution in [1.82, 2.24) is 24.7 Å². The molecule has 148 valence electrons. The zero-order chi connectivity index (χ0) is 19.8. The Morgan fingerprint density at radius 1 is 1.21 bits per heavy atom. The molecule has 2 amide bonds. The summed E-state index contributed by atoms with van der Waals surface area (Å²) in [4.78, 5) is 43.9. The van der Waals surface area contributed by atoms with Crippen LogP contribution in [0, 0.1) is 4.77 Å². The average molecular weight is 401 g/mol. The van der Waals surface area contributed by atoms with Gasteiger partial charge in [-0.05, 0) is 43.3 Å². The maximum absolute atomic E-state index is 12.9. The summed E-state index contributed by atoms with van der Waals surface area (Å²) in [6, 6.07) is 5.39. The van der Waals surface area contributed by atoms with Gasteiger partial charge in [-0.25, -0.2) is 0 Å². The number of carbonyl (C=O) groups excluding carboxylic acids is 2. The summed E-state index contributed by atoms with van der Waals surface area (Å²) in [6.45, 7) is 2.86. The molecule has 4 rings (SSSR count). The molecule has 1 aromatic heterocycles. The monoisotopic (exact) mass is 401 g/mol. The highest BCUT2D eigenvalue weighted by Gasteiger charge is 2.26. The maximum Gasteiger partial charge on any atom is 0.261 e. The highest BCUT2D eigenvalue weighted by molar-refractivity contribution is 7.71. The first-order valence-corrected chi connectivity index (χ1v) is 9.87. The van der Waals surface area contributed by atoms with Crippen molar-refractivity contribution < 1.29 is 9.59 Å². The lowest BCUT2D eigenvalue weighted by atomic mass is 10.1. The third kappa shape index (κ3) is 3.85. The smallest absolute Gasteiger partial charge is 0.261 e. The number of aromatic nitrogens is 2. The van der Waals surface area contributed by atoms with E-state index >= 15 is 0 Å². The fourth-order valence-electron chi connectivity index (χ4n) is 3.43. The first-order chi connectivity index (χ1) is 13.4. The maximum atomic E-state index is 12.9. The van der Waals surface area contributed by atoms with Crippen LogP contribution >= 0.6 is 12.2 Å². The van der Waals surface area contributed by atoms with Gasteiger partial charge >= 0.3 is 0 Å². The Labute approximate surface area is 167 Å². The Balaban J connectivity index is 1.42. The number of nitrogens with one attached hydrogen (secondary N) is 2. The molecule has 2 heterocycles. The summed E-state index contributed by atoms with van der Waals surface area (Å²) in [6.07, 6.45) is 2.16.